The Bertz CT molecular complexity index is 851. The van der Waals surface area contributed by atoms with Crippen LogP contribution in [0.1, 0.15) is 41.1 Å². The Morgan fingerprint density at radius 3 is 2.52 bits per heavy atom. The number of amides is 1. The van der Waals surface area contributed by atoms with Gasteiger partial charge in [0.1, 0.15) is 17.3 Å². The molecule has 3 rings (SSSR count). The molecule has 0 bridgehead atoms. The second kappa shape index (κ2) is 7.72. The van der Waals surface area contributed by atoms with Crippen molar-refractivity contribution in [1.29, 1.82) is 0 Å². The number of carbonyl (C=O) groups excluding carboxylic acids is 1. The van der Waals surface area contributed by atoms with Crippen molar-refractivity contribution in [1.82, 2.24) is 9.97 Å². The van der Waals surface area contributed by atoms with Gasteiger partial charge in [-0.2, -0.15) is 13.2 Å². The summed E-state index contributed by atoms with van der Waals surface area (Å²) >= 11 is 5.60. The SMILES string of the molecule is Cc1nc(C(=O)Nc2ccc(Cl)c(C(F)(F)F)c2)cc(N2CCCCC2)n1. The highest BCUT2D eigenvalue weighted by molar-refractivity contribution is 6.31. The van der Waals surface area contributed by atoms with Crippen LogP contribution in [0.3, 0.4) is 0 Å². The fourth-order valence-corrected chi connectivity index (χ4v) is 3.19. The minimum absolute atomic E-state index is 0.00693. The highest BCUT2D eigenvalue weighted by Gasteiger charge is 2.33. The first kappa shape index (κ1) is 19.4. The van der Waals surface area contributed by atoms with E-state index in [1.807, 2.05) is 0 Å². The Labute approximate surface area is 159 Å². The second-order valence-corrected chi connectivity index (χ2v) is 6.76. The lowest BCUT2D eigenvalue weighted by Gasteiger charge is -2.28. The Morgan fingerprint density at radius 1 is 1.15 bits per heavy atom. The molecule has 0 saturated carbocycles. The minimum Gasteiger partial charge on any atom is -0.356 e. The number of hydrogen-bond donors (Lipinski definition) is 1. The number of aromatic nitrogens is 2. The number of aryl methyl sites for hydroxylation is 1. The average molecular weight is 399 g/mol. The molecule has 1 aromatic carbocycles. The Kier molecular flexibility index (Phi) is 5.55. The monoisotopic (exact) mass is 398 g/mol. The summed E-state index contributed by atoms with van der Waals surface area (Å²) in [5.41, 5.74) is -0.908. The number of carbonyl (C=O) groups is 1. The zero-order valence-corrected chi connectivity index (χ0v) is 15.4. The number of nitrogens with one attached hydrogen (secondary N) is 1. The van der Waals surface area contributed by atoms with E-state index in [4.69, 9.17) is 11.6 Å². The van der Waals surface area contributed by atoms with Crippen LogP contribution in [-0.4, -0.2) is 29.0 Å². The van der Waals surface area contributed by atoms with E-state index in [1.54, 1.807) is 13.0 Å². The van der Waals surface area contributed by atoms with Gasteiger partial charge < -0.3 is 10.2 Å². The fraction of sp³-hybridized carbons (Fsp3) is 0.389. The van der Waals surface area contributed by atoms with E-state index in [0.29, 0.717) is 11.6 Å². The van der Waals surface area contributed by atoms with E-state index in [0.717, 1.165) is 44.5 Å². The van der Waals surface area contributed by atoms with Gasteiger partial charge in [0.05, 0.1) is 10.6 Å². The van der Waals surface area contributed by atoms with Crippen molar-refractivity contribution in [2.75, 3.05) is 23.3 Å². The van der Waals surface area contributed by atoms with Crippen LogP contribution in [0.4, 0.5) is 24.7 Å². The first-order valence-electron chi connectivity index (χ1n) is 8.53. The highest BCUT2D eigenvalue weighted by Crippen LogP contribution is 2.36. The number of benzene rings is 1. The maximum absolute atomic E-state index is 13.0. The Balaban J connectivity index is 1.83. The van der Waals surface area contributed by atoms with Gasteiger partial charge in [0, 0.05) is 24.8 Å². The van der Waals surface area contributed by atoms with E-state index in [2.05, 4.69) is 20.2 Å². The summed E-state index contributed by atoms with van der Waals surface area (Å²) in [5.74, 6) is 0.476. The third kappa shape index (κ3) is 4.68. The van der Waals surface area contributed by atoms with E-state index in [-0.39, 0.29) is 11.4 Å². The maximum atomic E-state index is 13.0. The lowest BCUT2D eigenvalue weighted by atomic mass is 10.1. The summed E-state index contributed by atoms with van der Waals surface area (Å²) in [6, 6.07) is 4.79. The van der Waals surface area contributed by atoms with E-state index in [1.165, 1.54) is 6.07 Å². The highest BCUT2D eigenvalue weighted by atomic mass is 35.5. The molecule has 27 heavy (non-hydrogen) atoms. The van der Waals surface area contributed by atoms with Crippen molar-refractivity contribution >= 4 is 29.0 Å². The van der Waals surface area contributed by atoms with Crippen molar-refractivity contribution in [2.24, 2.45) is 0 Å². The van der Waals surface area contributed by atoms with Gasteiger partial charge in [0.15, 0.2) is 0 Å². The third-order valence-electron chi connectivity index (χ3n) is 4.27. The number of halogens is 4. The van der Waals surface area contributed by atoms with Gasteiger partial charge in [0.2, 0.25) is 0 Å². The number of anilines is 2. The van der Waals surface area contributed by atoms with Gasteiger partial charge in [0.25, 0.3) is 5.91 Å². The molecule has 1 aliphatic rings. The maximum Gasteiger partial charge on any atom is 0.417 e. The number of rotatable bonds is 3. The molecule has 1 fully saturated rings. The van der Waals surface area contributed by atoms with E-state index in [9.17, 15) is 18.0 Å². The zero-order chi connectivity index (χ0) is 19.6. The summed E-state index contributed by atoms with van der Waals surface area (Å²) in [6.07, 6.45) is -1.35. The van der Waals surface area contributed by atoms with Crippen molar-refractivity contribution in [2.45, 2.75) is 32.4 Å². The predicted octanol–water partition coefficient (Wildman–Crippen LogP) is 4.70. The smallest absolute Gasteiger partial charge is 0.356 e. The lowest BCUT2D eigenvalue weighted by Crippen LogP contribution is -2.31. The van der Waals surface area contributed by atoms with Crippen LogP contribution in [0.5, 0.6) is 0 Å². The topological polar surface area (TPSA) is 58.1 Å². The van der Waals surface area contributed by atoms with Gasteiger partial charge in [-0.1, -0.05) is 11.6 Å². The van der Waals surface area contributed by atoms with Crippen molar-refractivity contribution in [3.05, 3.63) is 46.4 Å². The molecule has 0 radical (unpaired) electrons. The molecule has 5 nitrogen and oxygen atoms in total. The standard InChI is InChI=1S/C18H18ClF3N4O/c1-11-23-15(10-16(24-11)26-7-3-2-4-8-26)17(27)25-12-5-6-14(19)13(9-12)18(20,21)22/h5-6,9-10H,2-4,7-8H2,1H3,(H,25,27). The first-order chi connectivity index (χ1) is 12.7. The van der Waals surface area contributed by atoms with Crippen LogP contribution in [0.15, 0.2) is 24.3 Å². The molecule has 144 valence electrons. The first-order valence-corrected chi connectivity index (χ1v) is 8.90. The van der Waals surface area contributed by atoms with Crippen LogP contribution in [0, 0.1) is 6.92 Å². The molecule has 1 aliphatic heterocycles. The minimum atomic E-state index is -4.61. The van der Waals surface area contributed by atoms with Gasteiger partial charge >= 0.3 is 6.18 Å². The van der Waals surface area contributed by atoms with Crippen LogP contribution < -0.4 is 10.2 Å². The molecule has 1 N–H and O–H groups in total. The quantitative estimate of drug-likeness (QED) is 0.814. The van der Waals surface area contributed by atoms with Crippen LogP contribution >= 0.6 is 11.6 Å². The molecule has 1 saturated heterocycles. The Morgan fingerprint density at radius 2 is 1.85 bits per heavy atom. The van der Waals surface area contributed by atoms with Gasteiger partial charge in [-0.3, -0.25) is 4.79 Å². The molecule has 1 amide bonds. The largest absolute Gasteiger partial charge is 0.417 e. The molecule has 0 unspecified atom stereocenters. The van der Waals surface area contributed by atoms with Gasteiger partial charge in [-0.05, 0) is 44.4 Å². The zero-order valence-electron chi connectivity index (χ0n) is 14.6. The summed E-state index contributed by atoms with van der Waals surface area (Å²) in [7, 11) is 0. The van der Waals surface area contributed by atoms with Crippen molar-refractivity contribution in [3.8, 4) is 0 Å². The average Bonchev–Trinajstić information content (AvgIpc) is 2.62. The third-order valence-corrected chi connectivity index (χ3v) is 4.60. The molecule has 0 aliphatic carbocycles. The number of hydrogen-bond acceptors (Lipinski definition) is 4. The normalized spacial score (nSPS) is 14.9. The number of piperidine rings is 1. The van der Waals surface area contributed by atoms with Gasteiger partial charge in [-0.15, -0.1) is 0 Å². The van der Waals surface area contributed by atoms with Crippen molar-refractivity contribution in [3.63, 3.8) is 0 Å². The summed E-state index contributed by atoms with van der Waals surface area (Å²) in [4.78, 5) is 23.1. The molecule has 0 spiro atoms. The number of nitrogens with zero attached hydrogens (tertiary/aromatic N) is 3. The van der Waals surface area contributed by atoms with Crippen LogP contribution in [0.2, 0.25) is 5.02 Å². The Hall–Kier alpha value is -2.35. The fourth-order valence-electron chi connectivity index (χ4n) is 2.97. The van der Waals surface area contributed by atoms with Crippen LogP contribution in [0.25, 0.3) is 0 Å². The van der Waals surface area contributed by atoms with E-state index < -0.39 is 22.7 Å². The molecular weight excluding hydrogens is 381 g/mol. The second-order valence-electron chi connectivity index (χ2n) is 6.35. The lowest BCUT2D eigenvalue weighted by molar-refractivity contribution is -0.137. The van der Waals surface area contributed by atoms with Crippen LogP contribution in [-0.2, 0) is 6.18 Å². The van der Waals surface area contributed by atoms with Crippen molar-refractivity contribution < 1.29 is 18.0 Å². The van der Waals surface area contributed by atoms with Gasteiger partial charge in [-0.25, -0.2) is 9.97 Å². The molecule has 2 heterocycles. The summed E-state index contributed by atoms with van der Waals surface area (Å²) in [5, 5.41) is 2.02. The number of alkyl halides is 3. The van der Waals surface area contributed by atoms with E-state index >= 15 is 0 Å². The predicted molar refractivity (Wildman–Crippen MR) is 97.2 cm³/mol. The molecule has 0 atom stereocenters. The summed E-state index contributed by atoms with van der Waals surface area (Å²) < 4.78 is 38.9. The molecule has 9 heteroatoms. The molecule has 1 aromatic heterocycles. The molecule has 2 aromatic rings. The molecular formula is C18H18ClF3N4O. The summed E-state index contributed by atoms with van der Waals surface area (Å²) in [6.45, 7) is 3.38.